The van der Waals surface area contributed by atoms with E-state index in [9.17, 15) is 0 Å². The van der Waals surface area contributed by atoms with Crippen molar-refractivity contribution in [2.75, 3.05) is 5.73 Å². The number of furan rings is 4. The van der Waals surface area contributed by atoms with E-state index in [0.29, 0.717) is 0 Å². The molecule has 0 unspecified atom stereocenters. The molecular weight excluding hydrogens is 746 g/mol. The van der Waals surface area contributed by atoms with Gasteiger partial charge in [0, 0.05) is 59.3 Å². The highest BCUT2D eigenvalue weighted by molar-refractivity contribution is 9.10. The largest absolute Gasteiger partial charge is 0.456 e. The van der Waals surface area contributed by atoms with E-state index in [1.165, 1.54) is 43.4 Å². The van der Waals surface area contributed by atoms with Gasteiger partial charge < -0.3 is 23.4 Å². The first-order valence-corrected chi connectivity index (χ1v) is 18.9. The van der Waals surface area contributed by atoms with E-state index in [1.54, 1.807) is 0 Å². The van der Waals surface area contributed by atoms with Crippen molar-refractivity contribution in [1.29, 1.82) is 0 Å². The lowest BCUT2D eigenvalue weighted by Gasteiger charge is -2.02. The van der Waals surface area contributed by atoms with Crippen LogP contribution in [0.2, 0.25) is 0 Å². The van der Waals surface area contributed by atoms with E-state index in [-0.39, 0.29) is 0 Å². The predicted molar refractivity (Wildman–Crippen MR) is 230 cm³/mol. The van der Waals surface area contributed by atoms with Gasteiger partial charge in [0.25, 0.3) is 0 Å². The van der Waals surface area contributed by atoms with Crippen LogP contribution in [0.3, 0.4) is 0 Å². The number of fused-ring (bicyclic) bond motifs is 12. The molecule has 0 aliphatic rings. The summed E-state index contributed by atoms with van der Waals surface area (Å²) < 4.78 is 24.4. The smallest absolute Gasteiger partial charge is 0.137 e. The standard InChI is InChI=1S/C25H16O2.C12H7BrO.C12H9NO/c1-3-7-22-18(5-1)20-11-9-16(14-24(20)26-22)13-17-10-12-21-19-6-2-4-8-23(19)27-25(21)15-17;2*13-8-5-6-10-9-3-1-2-4-11(9)14-12(10)7-8/h1-12,14-15H,13H2;1-7H;1-7H,13H2. The lowest BCUT2D eigenvalue weighted by Crippen LogP contribution is -1.87. The summed E-state index contributed by atoms with van der Waals surface area (Å²) >= 11 is 3.43. The second-order valence-electron chi connectivity index (χ2n) is 13.6. The van der Waals surface area contributed by atoms with Crippen molar-refractivity contribution in [3.63, 3.8) is 0 Å². The van der Waals surface area contributed by atoms with E-state index in [2.05, 4.69) is 82.7 Å². The molecule has 55 heavy (non-hydrogen) atoms. The van der Waals surface area contributed by atoms with Crippen molar-refractivity contribution in [2.24, 2.45) is 0 Å². The lowest BCUT2D eigenvalue weighted by molar-refractivity contribution is 0.667. The number of rotatable bonds is 2. The minimum absolute atomic E-state index is 0.733. The Kier molecular flexibility index (Phi) is 8.11. The minimum atomic E-state index is 0.733. The molecular formula is C49H32BrNO4. The lowest BCUT2D eigenvalue weighted by atomic mass is 10.0. The fraction of sp³-hybridized carbons (Fsp3) is 0.0204. The maximum Gasteiger partial charge on any atom is 0.137 e. The number of para-hydroxylation sites is 4. The SMILES string of the molecule is Brc1ccc2c(c1)oc1ccccc12.Nc1ccc2c(c1)oc1ccccc12.c1ccc2c(c1)oc1cc(Cc3ccc4c(c3)oc3ccccc34)ccc12. The Labute approximate surface area is 323 Å². The zero-order valence-electron chi connectivity index (χ0n) is 29.5. The third-order valence-electron chi connectivity index (χ3n) is 10.0. The van der Waals surface area contributed by atoms with E-state index in [4.69, 9.17) is 23.4 Å². The number of nitrogen functional groups attached to an aromatic ring is 1. The summed E-state index contributed by atoms with van der Waals surface area (Å²) in [6.07, 6.45) is 0.847. The molecule has 6 heteroatoms. The van der Waals surface area contributed by atoms with Crippen molar-refractivity contribution in [2.45, 2.75) is 6.42 Å². The second-order valence-corrected chi connectivity index (χ2v) is 14.5. The summed E-state index contributed by atoms with van der Waals surface area (Å²) in [5.41, 5.74) is 16.3. The maximum atomic E-state index is 6.02. The molecule has 5 nitrogen and oxygen atoms in total. The molecule has 12 aromatic rings. The Bertz CT molecular complexity index is 3120. The summed E-state index contributed by atoms with van der Waals surface area (Å²) in [5, 5.41) is 9.28. The summed E-state index contributed by atoms with van der Waals surface area (Å²) in [7, 11) is 0. The Hall–Kier alpha value is -6.76. The van der Waals surface area contributed by atoms with Crippen LogP contribution in [0, 0.1) is 0 Å². The van der Waals surface area contributed by atoms with Gasteiger partial charge in [-0.1, -0.05) is 113 Å². The molecule has 0 bridgehead atoms. The molecule has 4 aromatic heterocycles. The fourth-order valence-electron chi connectivity index (χ4n) is 7.44. The monoisotopic (exact) mass is 777 g/mol. The molecule has 2 N–H and O–H groups in total. The fourth-order valence-corrected chi connectivity index (χ4v) is 7.78. The average molecular weight is 779 g/mol. The van der Waals surface area contributed by atoms with Crippen LogP contribution in [0.5, 0.6) is 0 Å². The second kappa shape index (κ2) is 13.6. The summed E-state index contributed by atoms with van der Waals surface area (Å²) in [4.78, 5) is 0. The van der Waals surface area contributed by atoms with Crippen LogP contribution in [0.25, 0.3) is 87.8 Å². The highest BCUT2D eigenvalue weighted by atomic mass is 79.9. The zero-order valence-corrected chi connectivity index (χ0v) is 31.0. The molecule has 0 saturated carbocycles. The Morgan fingerprint density at radius 3 is 1.09 bits per heavy atom. The maximum absolute atomic E-state index is 6.02. The first-order valence-electron chi connectivity index (χ1n) is 18.1. The molecule has 8 aromatic carbocycles. The first-order chi connectivity index (χ1) is 27.0. The molecule has 4 heterocycles. The normalized spacial score (nSPS) is 11.5. The number of hydrogen-bond acceptors (Lipinski definition) is 5. The van der Waals surface area contributed by atoms with Gasteiger partial charge in [-0.2, -0.15) is 0 Å². The van der Waals surface area contributed by atoms with Crippen LogP contribution in [0.15, 0.2) is 192 Å². The number of halogens is 1. The molecule has 12 rings (SSSR count). The third kappa shape index (κ3) is 6.16. The van der Waals surface area contributed by atoms with Crippen LogP contribution < -0.4 is 5.73 Å². The average Bonchev–Trinajstić information content (AvgIpc) is 3.97. The third-order valence-corrected chi connectivity index (χ3v) is 10.5. The molecule has 0 fully saturated rings. The van der Waals surface area contributed by atoms with E-state index in [1.807, 2.05) is 103 Å². The molecule has 0 spiro atoms. The highest BCUT2D eigenvalue weighted by Crippen LogP contribution is 2.33. The minimum Gasteiger partial charge on any atom is -0.456 e. The van der Waals surface area contributed by atoms with Crippen molar-refractivity contribution in [1.82, 2.24) is 0 Å². The van der Waals surface area contributed by atoms with Crippen molar-refractivity contribution >= 4 is 109 Å². The predicted octanol–water partition coefficient (Wildman–Crippen LogP) is 14.6. The van der Waals surface area contributed by atoms with Crippen LogP contribution >= 0.6 is 15.9 Å². The van der Waals surface area contributed by atoms with Crippen LogP contribution in [-0.4, -0.2) is 0 Å². The van der Waals surface area contributed by atoms with Crippen molar-refractivity contribution in [3.05, 3.63) is 185 Å². The summed E-state index contributed by atoms with van der Waals surface area (Å²) in [5.74, 6) is 0. The molecule has 264 valence electrons. The van der Waals surface area contributed by atoms with Gasteiger partial charge in [-0.05, 0) is 84.3 Å². The van der Waals surface area contributed by atoms with Crippen molar-refractivity contribution < 1.29 is 17.7 Å². The van der Waals surface area contributed by atoms with Gasteiger partial charge in [0.1, 0.15) is 44.7 Å². The van der Waals surface area contributed by atoms with Gasteiger partial charge in [0.15, 0.2) is 0 Å². The Morgan fingerprint density at radius 1 is 0.327 bits per heavy atom. The summed E-state index contributed by atoms with van der Waals surface area (Å²) in [6.45, 7) is 0. The van der Waals surface area contributed by atoms with Gasteiger partial charge in [-0.25, -0.2) is 0 Å². The molecule has 0 aliphatic carbocycles. The molecule has 0 amide bonds. The Balaban J connectivity index is 0.000000112. The van der Waals surface area contributed by atoms with E-state index < -0.39 is 0 Å². The Morgan fingerprint density at radius 2 is 0.655 bits per heavy atom. The van der Waals surface area contributed by atoms with Gasteiger partial charge >= 0.3 is 0 Å². The van der Waals surface area contributed by atoms with Gasteiger partial charge in [0.2, 0.25) is 0 Å². The van der Waals surface area contributed by atoms with Crippen LogP contribution in [-0.2, 0) is 6.42 Å². The molecule has 0 radical (unpaired) electrons. The molecule has 0 atom stereocenters. The highest BCUT2D eigenvalue weighted by Gasteiger charge is 2.11. The molecule has 0 saturated heterocycles. The van der Waals surface area contributed by atoms with Gasteiger partial charge in [0.05, 0.1) is 0 Å². The van der Waals surface area contributed by atoms with Gasteiger partial charge in [-0.3, -0.25) is 0 Å². The quantitative estimate of drug-likeness (QED) is 0.177. The number of benzene rings is 8. The van der Waals surface area contributed by atoms with E-state index >= 15 is 0 Å². The van der Waals surface area contributed by atoms with Crippen LogP contribution in [0.4, 0.5) is 5.69 Å². The van der Waals surface area contributed by atoms with Crippen molar-refractivity contribution in [3.8, 4) is 0 Å². The topological polar surface area (TPSA) is 78.6 Å². The van der Waals surface area contributed by atoms with Crippen LogP contribution in [0.1, 0.15) is 11.1 Å². The summed E-state index contributed by atoms with van der Waals surface area (Å²) in [6, 6.07) is 57.3. The van der Waals surface area contributed by atoms with E-state index in [0.717, 1.165) is 72.0 Å². The number of anilines is 1. The number of nitrogens with two attached hydrogens (primary N) is 1. The zero-order chi connectivity index (χ0) is 36.9. The number of hydrogen-bond donors (Lipinski definition) is 1. The first kappa shape index (κ1) is 32.9. The molecule has 0 aliphatic heterocycles. The van der Waals surface area contributed by atoms with Gasteiger partial charge in [-0.15, -0.1) is 0 Å².